The first kappa shape index (κ1) is 18.3. The molecule has 2 aromatic rings. The third-order valence-electron chi connectivity index (χ3n) is 4.93. The number of nitrogens with zero attached hydrogens (tertiary/aromatic N) is 1. The molecule has 1 atom stereocenters. The summed E-state index contributed by atoms with van der Waals surface area (Å²) in [6, 6.07) is 13.7. The molecule has 2 aromatic carbocycles. The topological polar surface area (TPSA) is 83.9 Å². The van der Waals surface area contributed by atoms with E-state index in [1.807, 2.05) is 4.90 Å². The van der Waals surface area contributed by atoms with E-state index in [0.717, 1.165) is 6.26 Å². The number of anilines is 1. The summed E-state index contributed by atoms with van der Waals surface area (Å²) in [5, 5.41) is 9.96. The van der Waals surface area contributed by atoms with Crippen molar-refractivity contribution in [3.8, 4) is 5.75 Å². The van der Waals surface area contributed by atoms with Crippen molar-refractivity contribution >= 4 is 21.5 Å². The van der Waals surface area contributed by atoms with Gasteiger partial charge in [0.2, 0.25) is 0 Å². The van der Waals surface area contributed by atoms with Gasteiger partial charge in [0.05, 0.1) is 17.7 Å². The van der Waals surface area contributed by atoms with Crippen LogP contribution in [0, 0.1) is 0 Å². The zero-order chi connectivity index (χ0) is 18.9. The molecule has 0 radical (unpaired) electrons. The van der Waals surface area contributed by atoms with Gasteiger partial charge >= 0.3 is 5.97 Å². The molecule has 1 aliphatic rings. The summed E-state index contributed by atoms with van der Waals surface area (Å²) in [6.07, 6.45) is 1.56. The molecule has 0 saturated carbocycles. The van der Waals surface area contributed by atoms with Gasteiger partial charge in [-0.1, -0.05) is 24.3 Å². The van der Waals surface area contributed by atoms with Crippen LogP contribution in [0.25, 0.3) is 0 Å². The first-order valence-corrected chi connectivity index (χ1v) is 10.1. The van der Waals surface area contributed by atoms with Crippen LogP contribution in [0.1, 0.15) is 12.0 Å². The molecular formula is C19H21NO5S. The Morgan fingerprint density at radius 2 is 1.81 bits per heavy atom. The van der Waals surface area contributed by atoms with Crippen molar-refractivity contribution < 1.29 is 23.1 Å². The maximum absolute atomic E-state index is 12.2. The van der Waals surface area contributed by atoms with E-state index in [2.05, 4.69) is 0 Å². The minimum absolute atomic E-state index is 0.210. The number of aliphatic carboxylic acids is 1. The first-order valence-electron chi connectivity index (χ1n) is 8.20. The predicted molar refractivity (Wildman–Crippen MR) is 98.7 cm³/mol. The first-order chi connectivity index (χ1) is 12.3. The van der Waals surface area contributed by atoms with Crippen molar-refractivity contribution in [2.75, 3.05) is 31.4 Å². The minimum atomic E-state index is -3.41. The van der Waals surface area contributed by atoms with Crippen LogP contribution in [0.5, 0.6) is 5.75 Å². The molecule has 138 valence electrons. The van der Waals surface area contributed by atoms with E-state index >= 15 is 0 Å². The molecule has 0 amide bonds. The number of carboxylic acids is 1. The number of methoxy groups -OCH3 is 1. The lowest BCUT2D eigenvalue weighted by atomic mass is 9.80. The second kappa shape index (κ2) is 6.64. The Morgan fingerprint density at radius 1 is 1.15 bits per heavy atom. The summed E-state index contributed by atoms with van der Waals surface area (Å²) in [4.78, 5) is 14.2. The number of hydrogen-bond acceptors (Lipinski definition) is 5. The highest BCUT2D eigenvalue weighted by atomic mass is 32.2. The van der Waals surface area contributed by atoms with Crippen molar-refractivity contribution in [2.45, 2.75) is 16.7 Å². The fourth-order valence-electron chi connectivity index (χ4n) is 3.49. The lowest BCUT2D eigenvalue weighted by Gasteiger charge is -2.27. The number of sulfone groups is 1. The molecule has 7 heteroatoms. The van der Waals surface area contributed by atoms with Crippen molar-refractivity contribution in [3.63, 3.8) is 0 Å². The van der Waals surface area contributed by atoms with E-state index in [1.54, 1.807) is 55.6 Å². The zero-order valence-corrected chi connectivity index (χ0v) is 15.5. The van der Waals surface area contributed by atoms with Gasteiger partial charge in [-0.05, 0) is 36.2 Å². The molecule has 26 heavy (non-hydrogen) atoms. The molecule has 6 nitrogen and oxygen atoms in total. The second-order valence-corrected chi connectivity index (χ2v) is 8.51. The van der Waals surface area contributed by atoms with Crippen LogP contribution in [0.4, 0.5) is 5.69 Å². The largest absolute Gasteiger partial charge is 0.497 e. The average Bonchev–Trinajstić information content (AvgIpc) is 3.08. The van der Waals surface area contributed by atoms with Crippen molar-refractivity contribution in [3.05, 3.63) is 54.1 Å². The van der Waals surface area contributed by atoms with Crippen LogP contribution in [-0.2, 0) is 20.0 Å². The Labute approximate surface area is 152 Å². The van der Waals surface area contributed by atoms with Gasteiger partial charge in [-0.2, -0.15) is 0 Å². The lowest BCUT2D eigenvalue weighted by Crippen LogP contribution is -2.39. The summed E-state index contributed by atoms with van der Waals surface area (Å²) in [5.74, 6) is -0.256. The van der Waals surface area contributed by atoms with Gasteiger partial charge in [-0.3, -0.25) is 4.79 Å². The fraction of sp³-hybridized carbons (Fsp3) is 0.316. The van der Waals surface area contributed by atoms with Gasteiger partial charge in [0.25, 0.3) is 0 Å². The highest BCUT2D eigenvalue weighted by Gasteiger charge is 2.47. The number of benzene rings is 2. The van der Waals surface area contributed by atoms with E-state index in [1.165, 1.54) is 0 Å². The van der Waals surface area contributed by atoms with Crippen molar-refractivity contribution in [1.29, 1.82) is 0 Å². The molecule has 1 unspecified atom stereocenters. The highest BCUT2D eigenvalue weighted by Crippen LogP contribution is 2.39. The van der Waals surface area contributed by atoms with Gasteiger partial charge in [-0.25, -0.2) is 8.42 Å². The highest BCUT2D eigenvalue weighted by molar-refractivity contribution is 7.90. The molecule has 1 fully saturated rings. The van der Waals surface area contributed by atoms with Crippen molar-refractivity contribution in [2.24, 2.45) is 0 Å². The van der Waals surface area contributed by atoms with Gasteiger partial charge < -0.3 is 14.7 Å². The minimum Gasteiger partial charge on any atom is -0.497 e. The summed E-state index contributed by atoms with van der Waals surface area (Å²) in [7, 11) is -1.85. The molecule has 1 N–H and O–H groups in total. The number of para-hydroxylation sites is 1. The van der Waals surface area contributed by atoms with E-state index in [-0.39, 0.29) is 11.4 Å². The third kappa shape index (κ3) is 3.14. The van der Waals surface area contributed by atoms with Crippen LogP contribution < -0.4 is 9.64 Å². The number of carbonyl (C=O) groups is 1. The van der Waals surface area contributed by atoms with Crippen LogP contribution in [-0.4, -0.2) is 45.9 Å². The van der Waals surface area contributed by atoms with E-state index in [0.29, 0.717) is 30.0 Å². The lowest BCUT2D eigenvalue weighted by molar-refractivity contribution is -0.143. The Hall–Kier alpha value is -2.54. The number of rotatable bonds is 5. The second-order valence-electron chi connectivity index (χ2n) is 6.53. The molecule has 1 heterocycles. The quantitative estimate of drug-likeness (QED) is 0.864. The number of hydrogen-bond donors (Lipinski definition) is 1. The Morgan fingerprint density at radius 3 is 2.38 bits per heavy atom. The van der Waals surface area contributed by atoms with E-state index in [4.69, 9.17) is 4.74 Å². The van der Waals surface area contributed by atoms with Gasteiger partial charge in [0.1, 0.15) is 11.2 Å². The summed E-state index contributed by atoms with van der Waals surface area (Å²) in [6.45, 7) is 0.673. The van der Waals surface area contributed by atoms with Crippen LogP contribution in [0.2, 0.25) is 0 Å². The van der Waals surface area contributed by atoms with E-state index < -0.39 is 21.2 Å². The molecule has 0 spiro atoms. The number of carboxylic acid groups (broad SMARTS) is 1. The maximum atomic E-state index is 12.2. The molecular weight excluding hydrogens is 354 g/mol. The standard InChI is InChI=1S/C19H21NO5S/c1-25-15-9-7-14(8-10-15)19(18(21)22)11-12-20(13-19)16-5-3-4-6-17(16)26(2,23)24/h3-10H,11-13H2,1-2H3,(H,21,22). The molecule has 1 aliphatic heterocycles. The summed E-state index contributed by atoms with van der Waals surface area (Å²) in [5.41, 5.74) is 0.147. The summed E-state index contributed by atoms with van der Waals surface area (Å²) < 4.78 is 29.3. The molecule has 0 aromatic heterocycles. The maximum Gasteiger partial charge on any atom is 0.316 e. The van der Waals surface area contributed by atoms with Gasteiger partial charge in [-0.15, -0.1) is 0 Å². The van der Waals surface area contributed by atoms with Gasteiger partial charge in [0.15, 0.2) is 9.84 Å². The van der Waals surface area contributed by atoms with Crippen LogP contribution in [0.15, 0.2) is 53.4 Å². The smallest absolute Gasteiger partial charge is 0.316 e. The van der Waals surface area contributed by atoms with Crippen molar-refractivity contribution in [1.82, 2.24) is 0 Å². The van der Waals surface area contributed by atoms with E-state index in [9.17, 15) is 18.3 Å². The normalized spacial score (nSPS) is 20.2. The summed E-state index contributed by atoms with van der Waals surface area (Å²) >= 11 is 0. The Kier molecular flexibility index (Phi) is 4.66. The molecule has 1 saturated heterocycles. The zero-order valence-electron chi connectivity index (χ0n) is 14.7. The molecule has 3 rings (SSSR count). The van der Waals surface area contributed by atoms with Crippen LogP contribution >= 0.6 is 0 Å². The van der Waals surface area contributed by atoms with Crippen LogP contribution in [0.3, 0.4) is 0 Å². The predicted octanol–water partition coefficient (Wildman–Crippen LogP) is 2.33. The SMILES string of the molecule is COc1ccc(C2(C(=O)O)CCN(c3ccccc3S(C)(=O)=O)C2)cc1. The monoisotopic (exact) mass is 375 g/mol. The fourth-order valence-corrected chi connectivity index (χ4v) is 4.39. The Balaban J connectivity index is 2.00. The molecule has 0 bridgehead atoms. The van der Waals surface area contributed by atoms with Gasteiger partial charge in [0, 0.05) is 19.3 Å². The molecule has 0 aliphatic carbocycles. The average molecular weight is 375 g/mol. The Bertz CT molecular complexity index is 923. The number of ether oxygens (including phenoxy) is 1. The third-order valence-corrected chi connectivity index (χ3v) is 6.07.